The average molecular weight is 261 g/mol. The molecule has 0 saturated heterocycles. The summed E-state index contributed by atoms with van der Waals surface area (Å²) in [5.74, 6) is -0.363. The summed E-state index contributed by atoms with van der Waals surface area (Å²) in [6.07, 6.45) is 0. The molecule has 3 N–H and O–H groups in total. The van der Waals surface area contributed by atoms with E-state index in [1.807, 2.05) is 0 Å². The predicted octanol–water partition coefficient (Wildman–Crippen LogP) is 2.44. The van der Waals surface area contributed by atoms with E-state index in [4.69, 9.17) is 5.84 Å². The molecule has 0 aliphatic heterocycles. The molecule has 1 rings (SSSR count). The Morgan fingerprint density at radius 3 is 2.19 bits per heavy atom. The van der Waals surface area contributed by atoms with Crippen molar-refractivity contribution in [1.82, 2.24) is 5.43 Å². The van der Waals surface area contributed by atoms with E-state index in [9.17, 15) is 22.0 Å². The maximum absolute atomic E-state index is 13.1. The van der Waals surface area contributed by atoms with Crippen molar-refractivity contribution in [2.24, 2.45) is 5.84 Å². The number of nitrogens with two attached hydrogens (primary N) is 1. The molecule has 90 valence electrons. The third-order valence-electron chi connectivity index (χ3n) is 1.87. The molecule has 0 spiro atoms. The van der Waals surface area contributed by atoms with Gasteiger partial charge in [0.25, 0.3) is 0 Å². The smallest absolute Gasteiger partial charge is 0.271 e. The Morgan fingerprint density at radius 1 is 1.19 bits per heavy atom. The summed E-state index contributed by atoms with van der Waals surface area (Å²) in [5.41, 5.74) is 0.675. The lowest BCUT2D eigenvalue weighted by Crippen LogP contribution is -2.38. The van der Waals surface area contributed by atoms with Crippen LogP contribution in [-0.4, -0.2) is 5.38 Å². The molecule has 16 heavy (non-hydrogen) atoms. The maximum Gasteiger partial charge on any atom is 0.342 e. The van der Waals surface area contributed by atoms with E-state index in [1.165, 1.54) is 5.43 Å². The quantitative estimate of drug-likeness (QED) is 0.288. The minimum atomic E-state index is -3.94. The SMILES string of the molecule is NNC(c1ccc(F)c(F)c1F)C(F)(F)Cl. The molecule has 0 amide bonds. The number of hydrazine groups is 1. The molecule has 2 nitrogen and oxygen atoms in total. The summed E-state index contributed by atoms with van der Waals surface area (Å²) in [6, 6.07) is -1.03. The number of rotatable bonds is 3. The Balaban J connectivity index is 3.27. The second-order valence-corrected chi connectivity index (χ2v) is 3.41. The van der Waals surface area contributed by atoms with Crippen LogP contribution >= 0.6 is 11.6 Å². The summed E-state index contributed by atoms with van der Waals surface area (Å²) in [5, 5.41) is -3.94. The fourth-order valence-corrected chi connectivity index (χ4v) is 1.30. The van der Waals surface area contributed by atoms with Gasteiger partial charge in [-0.15, -0.1) is 0 Å². The second kappa shape index (κ2) is 4.52. The molecule has 0 aliphatic carbocycles. The first-order chi connectivity index (χ1) is 7.29. The minimum Gasteiger partial charge on any atom is -0.271 e. The minimum absolute atomic E-state index is 0.501. The largest absolute Gasteiger partial charge is 0.342 e. The molecule has 0 bridgehead atoms. The summed E-state index contributed by atoms with van der Waals surface area (Å²) in [6.45, 7) is 0. The molecule has 0 aliphatic rings. The lowest BCUT2D eigenvalue weighted by Gasteiger charge is -2.21. The third-order valence-corrected chi connectivity index (χ3v) is 2.09. The highest BCUT2D eigenvalue weighted by molar-refractivity contribution is 6.22. The van der Waals surface area contributed by atoms with Crippen LogP contribution in [0.2, 0.25) is 0 Å². The average Bonchev–Trinajstić information content (AvgIpc) is 2.17. The van der Waals surface area contributed by atoms with Gasteiger partial charge in [0, 0.05) is 5.56 Å². The monoisotopic (exact) mass is 260 g/mol. The highest BCUT2D eigenvalue weighted by Gasteiger charge is 2.40. The topological polar surface area (TPSA) is 38.0 Å². The van der Waals surface area contributed by atoms with Crippen LogP contribution in [0.25, 0.3) is 0 Å². The van der Waals surface area contributed by atoms with E-state index in [-0.39, 0.29) is 0 Å². The highest BCUT2D eigenvalue weighted by Crippen LogP contribution is 2.36. The number of halogens is 6. The standard InChI is InChI=1S/C8H6ClF5N2/c9-8(13,14)7(16-15)3-1-2-4(10)6(12)5(3)11/h1-2,7,16H,15H2. The van der Waals surface area contributed by atoms with Crippen molar-refractivity contribution in [1.29, 1.82) is 0 Å². The molecule has 8 heteroatoms. The van der Waals surface area contributed by atoms with Gasteiger partial charge >= 0.3 is 5.38 Å². The molecule has 0 heterocycles. The van der Waals surface area contributed by atoms with Crippen LogP contribution in [0.1, 0.15) is 11.6 Å². The Hall–Kier alpha value is -0.920. The van der Waals surface area contributed by atoms with Crippen LogP contribution < -0.4 is 11.3 Å². The van der Waals surface area contributed by atoms with Crippen molar-refractivity contribution < 1.29 is 22.0 Å². The van der Waals surface area contributed by atoms with Gasteiger partial charge in [-0.1, -0.05) is 6.07 Å². The van der Waals surface area contributed by atoms with Gasteiger partial charge in [0.2, 0.25) is 0 Å². The summed E-state index contributed by atoms with van der Waals surface area (Å²) in [4.78, 5) is 0. The van der Waals surface area contributed by atoms with E-state index in [0.717, 1.165) is 0 Å². The van der Waals surface area contributed by atoms with Gasteiger partial charge in [0.1, 0.15) is 6.04 Å². The van der Waals surface area contributed by atoms with Crippen molar-refractivity contribution >= 4 is 11.6 Å². The molecular formula is C8H6ClF5N2. The molecule has 1 atom stereocenters. The van der Waals surface area contributed by atoms with Crippen LogP contribution in [-0.2, 0) is 0 Å². The molecule has 0 fully saturated rings. The zero-order valence-corrected chi connectivity index (χ0v) is 8.33. The zero-order valence-electron chi connectivity index (χ0n) is 7.58. The van der Waals surface area contributed by atoms with Gasteiger partial charge in [-0.2, -0.15) is 8.78 Å². The lowest BCUT2D eigenvalue weighted by molar-refractivity contribution is 0.0479. The van der Waals surface area contributed by atoms with E-state index in [0.29, 0.717) is 12.1 Å². The lowest BCUT2D eigenvalue weighted by atomic mass is 10.1. The molecule has 0 radical (unpaired) electrons. The van der Waals surface area contributed by atoms with Crippen molar-refractivity contribution in [2.45, 2.75) is 11.4 Å². The van der Waals surface area contributed by atoms with Crippen LogP contribution in [0.15, 0.2) is 12.1 Å². The van der Waals surface area contributed by atoms with Crippen molar-refractivity contribution in [3.63, 3.8) is 0 Å². The highest BCUT2D eigenvalue weighted by atomic mass is 35.5. The molecule has 1 aromatic carbocycles. The number of nitrogens with one attached hydrogen (secondary N) is 1. The number of benzene rings is 1. The first kappa shape index (κ1) is 13.1. The normalized spacial score (nSPS) is 13.9. The van der Waals surface area contributed by atoms with Crippen LogP contribution in [0.4, 0.5) is 22.0 Å². The van der Waals surface area contributed by atoms with Gasteiger partial charge in [-0.25, -0.2) is 18.6 Å². The van der Waals surface area contributed by atoms with Crippen molar-refractivity contribution in [2.75, 3.05) is 0 Å². The Labute approximate surface area is 92.2 Å². The second-order valence-electron chi connectivity index (χ2n) is 2.91. The maximum atomic E-state index is 13.1. The number of hydrogen-bond donors (Lipinski definition) is 2. The molecular weight excluding hydrogens is 255 g/mol. The molecule has 1 aromatic rings. The van der Waals surface area contributed by atoms with Gasteiger partial charge in [0.05, 0.1) is 0 Å². The molecule has 1 unspecified atom stereocenters. The molecule has 0 saturated carbocycles. The van der Waals surface area contributed by atoms with Gasteiger partial charge in [0.15, 0.2) is 17.5 Å². The summed E-state index contributed by atoms with van der Waals surface area (Å²) in [7, 11) is 0. The van der Waals surface area contributed by atoms with Gasteiger partial charge in [-0.05, 0) is 17.7 Å². The van der Waals surface area contributed by atoms with E-state index in [1.54, 1.807) is 0 Å². The van der Waals surface area contributed by atoms with Gasteiger partial charge < -0.3 is 0 Å². The first-order valence-electron chi connectivity index (χ1n) is 3.95. The Bertz CT molecular complexity index is 393. The van der Waals surface area contributed by atoms with Gasteiger partial charge in [-0.3, -0.25) is 5.84 Å². The predicted molar refractivity (Wildman–Crippen MR) is 47.2 cm³/mol. The van der Waals surface area contributed by atoms with Crippen LogP contribution in [0, 0.1) is 17.5 Å². The van der Waals surface area contributed by atoms with Crippen LogP contribution in [0.5, 0.6) is 0 Å². The third kappa shape index (κ3) is 2.42. The first-order valence-corrected chi connectivity index (χ1v) is 4.33. The van der Waals surface area contributed by atoms with Crippen LogP contribution in [0.3, 0.4) is 0 Å². The summed E-state index contributed by atoms with van der Waals surface area (Å²) < 4.78 is 63.9. The number of alkyl halides is 3. The van der Waals surface area contributed by atoms with E-state index < -0.39 is 34.4 Å². The zero-order chi connectivity index (χ0) is 12.5. The van der Waals surface area contributed by atoms with E-state index in [2.05, 4.69) is 11.6 Å². The van der Waals surface area contributed by atoms with Crippen molar-refractivity contribution in [3.8, 4) is 0 Å². The fraction of sp³-hybridized carbons (Fsp3) is 0.250. The van der Waals surface area contributed by atoms with E-state index >= 15 is 0 Å². The fourth-order valence-electron chi connectivity index (χ4n) is 1.12. The Morgan fingerprint density at radius 2 is 1.75 bits per heavy atom. The molecule has 0 aromatic heterocycles. The number of hydrogen-bond acceptors (Lipinski definition) is 2. The Kier molecular flexibility index (Phi) is 3.72. The summed E-state index contributed by atoms with van der Waals surface area (Å²) >= 11 is 4.64. The van der Waals surface area contributed by atoms with Crippen molar-refractivity contribution in [3.05, 3.63) is 35.1 Å².